The van der Waals surface area contributed by atoms with Gasteiger partial charge < -0.3 is 4.90 Å². The SMILES string of the molecule is C=C(/C(C#N)=C\C(=C)[N+](=O)[O-])N1CCCC1. The Balaban J connectivity index is 2.82. The van der Waals surface area contributed by atoms with E-state index in [1.54, 1.807) is 0 Å². The summed E-state index contributed by atoms with van der Waals surface area (Å²) in [5.41, 5.74) is 0.462. The molecule has 0 aromatic carbocycles. The van der Waals surface area contributed by atoms with Gasteiger partial charge in [0.1, 0.15) is 6.07 Å². The standard InChI is InChI=1S/C11H13N3O2/c1-9(14(15)16)7-11(8-12)10(2)13-5-3-4-6-13/h7H,1-6H2/b11-7-. The lowest BCUT2D eigenvalue weighted by molar-refractivity contribution is -0.418. The first-order valence-electron chi connectivity index (χ1n) is 4.95. The van der Waals surface area contributed by atoms with Crippen molar-refractivity contribution in [2.75, 3.05) is 13.1 Å². The molecular weight excluding hydrogens is 206 g/mol. The molecule has 0 spiro atoms. The molecule has 0 unspecified atom stereocenters. The zero-order valence-corrected chi connectivity index (χ0v) is 8.98. The zero-order valence-electron chi connectivity index (χ0n) is 8.98. The van der Waals surface area contributed by atoms with Gasteiger partial charge in [-0.2, -0.15) is 5.26 Å². The van der Waals surface area contributed by atoms with E-state index in [0.29, 0.717) is 5.70 Å². The molecule has 0 atom stereocenters. The number of nitriles is 1. The van der Waals surface area contributed by atoms with Crippen molar-refractivity contribution in [2.45, 2.75) is 12.8 Å². The second-order valence-electron chi connectivity index (χ2n) is 3.56. The van der Waals surface area contributed by atoms with Crippen LogP contribution in [0.15, 0.2) is 36.2 Å². The molecule has 0 aromatic rings. The smallest absolute Gasteiger partial charge is 0.263 e. The molecule has 5 nitrogen and oxygen atoms in total. The number of hydrogen-bond donors (Lipinski definition) is 0. The zero-order chi connectivity index (χ0) is 12.1. The summed E-state index contributed by atoms with van der Waals surface area (Å²) in [6.45, 7) is 8.76. The Bertz CT molecular complexity index is 398. The van der Waals surface area contributed by atoms with E-state index in [2.05, 4.69) is 13.2 Å². The molecule has 0 radical (unpaired) electrons. The molecule has 0 amide bonds. The largest absolute Gasteiger partial charge is 0.371 e. The molecule has 1 aliphatic heterocycles. The average Bonchev–Trinajstić information content (AvgIpc) is 2.77. The van der Waals surface area contributed by atoms with Gasteiger partial charge >= 0.3 is 0 Å². The normalized spacial score (nSPS) is 15.7. The minimum absolute atomic E-state index is 0.212. The topological polar surface area (TPSA) is 70.2 Å². The van der Waals surface area contributed by atoms with E-state index >= 15 is 0 Å². The van der Waals surface area contributed by atoms with Crippen LogP contribution in [-0.2, 0) is 0 Å². The number of nitro groups is 1. The Kier molecular flexibility index (Phi) is 3.84. The predicted octanol–water partition coefficient (Wildman–Crippen LogP) is 1.84. The molecular formula is C11H13N3O2. The minimum Gasteiger partial charge on any atom is -0.371 e. The molecule has 1 fully saturated rings. The van der Waals surface area contributed by atoms with E-state index in [1.165, 1.54) is 6.08 Å². The highest BCUT2D eigenvalue weighted by Crippen LogP contribution is 2.20. The molecule has 0 aromatic heterocycles. The first kappa shape index (κ1) is 12.0. The van der Waals surface area contributed by atoms with Gasteiger partial charge in [-0.15, -0.1) is 0 Å². The van der Waals surface area contributed by atoms with Gasteiger partial charge in [-0.3, -0.25) is 10.1 Å². The summed E-state index contributed by atoms with van der Waals surface area (Å²) in [6, 6.07) is 1.92. The summed E-state index contributed by atoms with van der Waals surface area (Å²) < 4.78 is 0. The van der Waals surface area contributed by atoms with Crippen molar-refractivity contribution in [3.63, 3.8) is 0 Å². The Morgan fingerprint density at radius 1 is 1.44 bits per heavy atom. The van der Waals surface area contributed by atoms with Crippen LogP contribution >= 0.6 is 0 Å². The van der Waals surface area contributed by atoms with Gasteiger partial charge in [0.15, 0.2) is 0 Å². The van der Waals surface area contributed by atoms with Crippen LogP contribution in [0.3, 0.4) is 0 Å². The molecule has 1 heterocycles. The van der Waals surface area contributed by atoms with E-state index in [9.17, 15) is 10.1 Å². The van der Waals surface area contributed by atoms with E-state index in [-0.39, 0.29) is 11.3 Å². The van der Waals surface area contributed by atoms with Crippen molar-refractivity contribution in [2.24, 2.45) is 0 Å². The Labute approximate surface area is 94.1 Å². The first-order chi connectivity index (χ1) is 7.56. The molecule has 0 saturated carbocycles. The molecule has 1 rings (SSSR count). The molecule has 84 valence electrons. The maximum absolute atomic E-state index is 10.4. The highest BCUT2D eigenvalue weighted by atomic mass is 16.6. The van der Waals surface area contributed by atoms with Crippen molar-refractivity contribution in [3.8, 4) is 6.07 Å². The second-order valence-corrected chi connectivity index (χ2v) is 3.56. The fourth-order valence-electron chi connectivity index (χ4n) is 1.56. The summed E-state index contributed by atoms with van der Waals surface area (Å²) in [5, 5.41) is 19.3. The summed E-state index contributed by atoms with van der Waals surface area (Å²) in [7, 11) is 0. The Morgan fingerprint density at radius 2 is 2.00 bits per heavy atom. The van der Waals surface area contributed by atoms with Crippen LogP contribution in [0.25, 0.3) is 0 Å². The molecule has 16 heavy (non-hydrogen) atoms. The Hall–Kier alpha value is -2.09. The number of likely N-dealkylation sites (tertiary alicyclic amines) is 1. The second kappa shape index (κ2) is 5.12. The monoisotopic (exact) mass is 219 g/mol. The molecule has 1 saturated heterocycles. The van der Waals surface area contributed by atoms with Gasteiger partial charge in [-0.1, -0.05) is 6.58 Å². The molecule has 1 aliphatic rings. The van der Waals surface area contributed by atoms with Gasteiger partial charge in [0.25, 0.3) is 5.70 Å². The first-order valence-corrected chi connectivity index (χ1v) is 4.95. The highest BCUT2D eigenvalue weighted by Gasteiger charge is 2.17. The van der Waals surface area contributed by atoms with Crippen molar-refractivity contribution < 1.29 is 4.92 Å². The third-order valence-electron chi connectivity index (χ3n) is 2.46. The van der Waals surface area contributed by atoms with Crippen molar-refractivity contribution in [1.29, 1.82) is 5.26 Å². The maximum atomic E-state index is 10.4. The third-order valence-corrected chi connectivity index (χ3v) is 2.46. The van der Waals surface area contributed by atoms with Crippen LogP contribution in [0.4, 0.5) is 0 Å². The van der Waals surface area contributed by atoms with Crippen LogP contribution in [0.2, 0.25) is 0 Å². The molecule has 0 aliphatic carbocycles. The van der Waals surface area contributed by atoms with Crippen LogP contribution in [-0.4, -0.2) is 22.9 Å². The quantitative estimate of drug-likeness (QED) is 0.313. The van der Waals surface area contributed by atoms with Crippen LogP contribution in [0.5, 0.6) is 0 Å². The number of allylic oxidation sites excluding steroid dienone is 2. The predicted molar refractivity (Wildman–Crippen MR) is 59.8 cm³/mol. The van der Waals surface area contributed by atoms with Gasteiger partial charge in [-0.25, -0.2) is 0 Å². The molecule has 0 N–H and O–H groups in total. The number of nitrogens with zero attached hydrogens (tertiary/aromatic N) is 3. The average molecular weight is 219 g/mol. The minimum atomic E-state index is -0.616. The molecule has 0 bridgehead atoms. The van der Waals surface area contributed by atoms with E-state index in [1.807, 2.05) is 11.0 Å². The fraction of sp³-hybridized carbons (Fsp3) is 0.364. The number of hydrogen-bond acceptors (Lipinski definition) is 4. The summed E-state index contributed by atoms with van der Waals surface area (Å²) in [4.78, 5) is 11.7. The van der Waals surface area contributed by atoms with Crippen LogP contribution in [0.1, 0.15) is 12.8 Å². The van der Waals surface area contributed by atoms with E-state index < -0.39 is 4.92 Å². The summed E-state index contributed by atoms with van der Waals surface area (Å²) in [5.74, 6) is 0. The maximum Gasteiger partial charge on any atom is 0.263 e. The number of rotatable bonds is 4. The fourth-order valence-corrected chi connectivity index (χ4v) is 1.56. The summed E-state index contributed by atoms with van der Waals surface area (Å²) in [6.07, 6.45) is 3.29. The summed E-state index contributed by atoms with van der Waals surface area (Å²) >= 11 is 0. The van der Waals surface area contributed by atoms with Gasteiger partial charge in [0.2, 0.25) is 0 Å². The van der Waals surface area contributed by atoms with Gasteiger partial charge in [0, 0.05) is 24.9 Å². The van der Waals surface area contributed by atoms with Crippen molar-refractivity contribution >= 4 is 0 Å². The van der Waals surface area contributed by atoms with Crippen LogP contribution in [0, 0.1) is 21.4 Å². The van der Waals surface area contributed by atoms with Gasteiger partial charge in [0.05, 0.1) is 10.5 Å². The molecule has 5 heteroatoms. The highest BCUT2D eigenvalue weighted by molar-refractivity contribution is 5.42. The van der Waals surface area contributed by atoms with Gasteiger partial charge in [-0.05, 0) is 19.4 Å². The van der Waals surface area contributed by atoms with Crippen molar-refractivity contribution in [3.05, 3.63) is 46.3 Å². The lowest BCUT2D eigenvalue weighted by Gasteiger charge is -2.19. The lowest BCUT2D eigenvalue weighted by Crippen LogP contribution is -2.19. The lowest BCUT2D eigenvalue weighted by atomic mass is 10.2. The van der Waals surface area contributed by atoms with E-state index in [4.69, 9.17) is 5.26 Å². The third kappa shape index (κ3) is 2.70. The van der Waals surface area contributed by atoms with Crippen LogP contribution < -0.4 is 0 Å². The van der Waals surface area contributed by atoms with E-state index in [0.717, 1.165) is 25.9 Å². The Morgan fingerprint density at radius 3 is 2.44 bits per heavy atom. The van der Waals surface area contributed by atoms with Crippen molar-refractivity contribution in [1.82, 2.24) is 4.90 Å².